The summed E-state index contributed by atoms with van der Waals surface area (Å²) in [5.41, 5.74) is 0. The summed E-state index contributed by atoms with van der Waals surface area (Å²) in [5, 5.41) is 1.08. The van der Waals surface area contributed by atoms with E-state index in [2.05, 4.69) is 25.8 Å². The van der Waals surface area contributed by atoms with Crippen LogP contribution in [0, 0.1) is 0 Å². The van der Waals surface area contributed by atoms with Gasteiger partial charge < -0.3 is 0 Å². The van der Waals surface area contributed by atoms with Crippen molar-refractivity contribution in [3.05, 3.63) is 24.4 Å². The van der Waals surface area contributed by atoms with Crippen LogP contribution in [0.2, 0.25) is 0 Å². The lowest BCUT2D eigenvalue weighted by molar-refractivity contribution is 0.810. The second-order valence-corrected chi connectivity index (χ2v) is 6.42. The van der Waals surface area contributed by atoms with Crippen molar-refractivity contribution in [3.63, 3.8) is 0 Å². The molecule has 0 bridgehead atoms. The lowest BCUT2D eigenvalue weighted by atomic mass is 10.3. The largest absolute Gasteiger partial charge is 0.249 e. The Labute approximate surface area is 89.1 Å². The Hall–Kier alpha value is -0.150. The Kier molecular flexibility index (Phi) is 5.49. The summed E-state index contributed by atoms with van der Waals surface area (Å²) in [6, 6.07) is 5.98. The van der Waals surface area contributed by atoms with Crippen molar-refractivity contribution >= 4 is 21.6 Å². The minimum atomic E-state index is 0. The first-order valence-corrected chi connectivity index (χ1v) is 6.00. The van der Waals surface area contributed by atoms with Crippen LogP contribution in [-0.2, 0) is 0 Å². The second-order valence-electron chi connectivity index (χ2n) is 3.45. The summed E-state index contributed by atoms with van der Waals surface area (Å²) in [4.78, 5) is 4.22. The van der Waals surface area contributed by atoms with Crippen LogP contribution >= 0.6 is 21.6 Å². The Morgan fingerprint density at radius 2 is 1.92 bits per heavy atom. The summed E-state index contributed by atoms with van der Waals surface area (Å²) in [7, 11) is 3.57. The fourth-order valence-corrected chi connectivity index (χ4v) is 2.44. The summed E-state index contributed by atoms with van der Waals surface area (Å²) in [5.74, 6) is 0. The Morgan fingerprint density at radius 3 is 2.38 bits per heavy atom. The van der Waals surface area contributed by atoms with Crippen molar-refractivity contribution in [3.8, 4) is 0 Å². The average Bonchev–Trinajstić information content (AvgIpc) is 2.02. The zero-order chi connectivity index (χ0) is 9.03. The summed E-state index contributed by atoms with van der Waals surface area (Å²) >= 11 is 0. The molecule has 0 N–H and O–H groups in total. The van der Waals surface area contributed by atoms with Crippen LogP contribution < -0.4 is 0 Å². The van der Waals surface area contributed by atoms with Gasteiger partial charge in [-0.15, -0.1) is 0 Å². The molecule has 0 aliphatic carbocycles. The van der Waals surface area contributed by atoms with E-state index in [0.717, 1.165) is 5.03 Å². The fourth-order valence-electron chi connectivity index (χ4n) is 0.564. The molecule has 74 valence electrons. The summed E-state index contributed by atoms with van der Waals surface area (Å²) < 4.78 is 0.294. The predicted octanol–water partition coefficient (Wildman–Crippen LogP) is 4.26. The summed E-state index contributed by atoms with van der Waals surface area (Å²) in [6.07, 6.45) is 1.82. The third-order valence-corrected chi connectivity index (χ3v) is 4.27. The second kappa shape index (κ2) is 5.55. The maximum Gasteiger partial charge on any atom is 0.106 e. The molecular formula is C10H17NS2. The summed E-state index contributed by atoms with van der Waals surface area (Å²) in [6.45, 7) is 6.61. The van der Waals surface area contributed by atoms with Gasteiger partial charge in [-0.1, -0.05) is 45.1 Å². The molecule has 0 radical (unpaired) electrons. The van der Waals surface area contributed by atoms with Crippen molar-refractivity contribution < 1.29 is 0 Å². The van der Waals surface area contributed by atoms with Gasteiger partial charge in [0.05, 0.1) is 0 Å². The molecule has 0 saturated carbocycles. The molecule has 0 aliphatic rings. The number of nitrogens with zero attached hydrogens (tertiary/aromatic N) is 1. The van der Waals surface area contributed by atoms with Crippen molar-refractivity contribution in [2.24, 2.45) is 0 Å². The zero-order valence-electron chi connectivity index (χ0n) is 7.57. The van der Waals surface area contributed by atoms with E-state index in [1.165, 1.54) is 0 Å². The van der Waals surface area contributed by atoms with Gasteiger partial charge in [0.1, 0.15) is 5.03 Å². The first-order chi connectivity index (χ1) is 5.58. The molecule has 13 heavy (non-hydrogen) atoms. The van der Waals surface area contributed by atoms with Crippen molar-refractivity contribution in [2.75, 3.05) is 0 Å². The SMILES string of the molecule is C.CC(C)(C)SSc1ccccn1. The van der Waals surface area contributed by atoms with Crippen LogP contribution in [0.5, 0.6) is 0 Å². The van der Waals surface area contributed by atoms with Crippen LogP contribution in [0.1, 0.15) is 28.2 Å². The standard InChI is InChI=1S/C9H13NS2.CH4/c1-9(2,3)12-11-8-6-4-5-7-10-8;/h4-7H,1-3H3;1H4. The third-order valence-electron chi connectivity index (χ3n) is 1.01. The normalized spacial score (nSPS) is 10.7. The van der Waals surface area contributed by atoms with Crippen LogP contribution in [0.3, 0.4) is 0 Å². The Bertz CT molecular complexity index is 228. The highest BCUT2D eigenvalue weighted by Gasteiger charge is 2.11. The number of aromatic nitrogens is 1. The third kappa shape index (κ3) is 5.99. The van der Waals surface area contributed by atoms with E-state index in [1.54, 1.807) is 10.8 Å². The molecule has 0 amide bonds. The highest BCUT2D eigenvalue weighted by atomic mass is 33.1. The lowest BCUT2D eigenvalue weighted by Gasteiger charge is -2.15. The number of pyridine rings is 1. The molecule has 3 heteroatoms. The van der Waals surface area contributed by atoms with Gasteiger partial charge >= 0.3 is 0 Å². The molecule has 1 aromatic heterocycles. The molecule has 0 atom stereocenters. The maximum atomic E-state index is 4.22. The van der Waals surface area contributed by atoms with Crippen molar-refractivity contribution in [2.45, 2.75) is 38.0 Å². The molecule has 0 spiro atoms. The molecule has 0 unspecified atom stereocenters. The first kappa shape index (κ1) is 12.8. The van der Waals surface area contributed by atoms with E-state index in [1.807, 2.05) is 35.2 Å². The molecule has 1 heterocycles. The molecule has 1 aromatic rings. The quantitative estimate of drug-likeness (QED) is 0.684. The number of hydrogen-bond acceptors (Lipinski definition) is 3. The van der Waals surface area contributed by atoms with E-state index in [9.17, 15) is 0 Å². The van der Waals surface area contributed by atoms with E-state index in [4.69, 9.17) is 0 Å². The smallest absolute Gasteiger partial charge is 0.106 e. The van der Waals surface area contributed by atoms with Gasteiger partial charge in [0.2, 0.25) is 0 Å². The zero-order valence-corrected chi connectivity index (χ0v) is 9.21. The maximum absolute atomic E-state index is 4.22. The van der Waals surface area contributed by atoms with Crippen LogP contribution in [0.15, 0.2) is 29.4 Å². The van der Waals surface area contributed by atoms with Crippen molar-refractivity contribution in [1.82, 2.24) is 4.98 Å². The first-order valence-electron chi connectivity index (χ1n) is 3.85. The minimum absolute atomic E-state index is 0. The molecule has 0 fully saturated rings. The number of hydrogen-bond donors (Lipinski definition) is 0. The topological polar surface area (TPSA) is 12.9 Å². The highest BCUT2D eigenvalue weighted by Crippen LogP contribution is 2.38. The minimum Gasteiger partial charge on any atom is -0.249 e. The molecule has 0 aromatic carbocycles. The average molecular weight is 215 g/mol. The van der Waals surface area contributed by atoms with E-state index >= 15 is 0 Å². The number of rotatable bonds is 2. The van der Waals surface area contributed by atoms with Crippen LogP contribution in [0.4, 0.5) is 0 Å². The Morgan fingerprint density at radius 1 is 1.23 bits per heavy atom. The molecule has 1 nitrogen and oxygen atoms in total. The van der Waals surface area contributed by atoms with Crippen molar-refractivity contribution in [1.29, 1.82) is 0 Å². The monoisotopic (exact) mass is 215 g/mol. The van der Waals surface area contributed by atoms with Gasteiger partial charge in [-0.05, 0) is 22.9 Å². The lowest BCUT2D eigenvalue weighted by Crippen LogP contribution is -2.04. The van der Waals surface area contributed by atoms with Gasteiger partial charge in [-0.2, -0.15) is 0 Å². The van der Waals surface area contributed by atoms with Crippen LogP contribution in [0.25, 0.3) is 0 Å². The fraction of sp³-hybridized carbons (Fsp3) is 0.500. The van der Waals surface area contributed by atoms with Gasteiger partial charge in [0, 0.05) is 10.9 Å². The van der Waals surface area contributed by atoms with Gasteiger partial charge in [-0.3, -0.25) is 0 Å². The van der Waals surface area contributed by atoms with Gasteiger partial charge in [0.15, 0.2) is 0 Å². The van der Waals surface area contributed by atoms with E-state index in [-0.39, 0.29) is 7.43 Å². The molecule has 0 aliphatic heterocycles. The van der Waals surface area contributed by atoms with E-state index in [0.29, 0.717) is 4.75 Å². The Balaban J connectivity index is 0.00000144. The highest BCUT2D eigenvalue weighted by molar-refractivity contribution is 8.77. The molecule has 1 rings (SSSR count). The van der Waals surface area contributed by atoms with E-state index < -0.39 is 0 Å². The van der Waals surface area contributed by atoms with Gasteiger partial charge in [0.25, 0.3) is 0 Å². The van der Waals surface area contributed by atoms with Gasteiger partial charge in [-0.25, -0.2) is 4.98 Å². The molecular weight excluding hydrogens is 198 g/mol. The molecule has 0 saturated heterocycles. The van der Waals surface area contributed by atoms with Crippen LogP contribution in [-0.4, -0.2) is 9.73 Å². The predicted molar refractivity (Wildman–Crippen MR) is 64.2 cm³/mol.